The number of hydrogen-bond donors (Lipinski definition) is 1. The molecule has 1 N–H and O–H groups in total. The number of methoxy groups -OCH3 is 1. The van der Waals surface area contributed by atoms with Gasteiger partial charge in [-0.25, -0.2) is 8.42 Å². The average Bonchev–Trinajstić information content (AvgIpc) is 2.73. The van der Waals surface area contributed by atoms with E-state index in [4.69, 9.17) is 4.74 Å². The lowest BCUT2D eigenvalue weighted by Gasteiger charge is -2.33. The van der Waals surface area contributed by atoms with Gasteiger partial charge in [-0.05, 0) is 29.8 Å². The van der Waals surface area contributed by atoms with Crippen LogP contribution in [0.15, 0.2) is 59.5 Å². The van der Waals surface area contributed by atoms with Gasteiger partial charge >= 0.3 is 0 Å². The average molecular weight is 404 g/mol. The first-order chi connectivity index (χ1) is 13.5. The van der Waals surface area contributed by atoms with Gasteiger partial charge in [0.25, 0.3) is 0 Å². The Morgan fingerprint density at radius 2 is 1.75 bits per heavy atom. The second-order valence-electron chi connectivity index (χ2n) is 6.62. The predicted octanol–water partition coefficient (Wildman–Crippen LogP) is 1.32. The number of carbonyl (C=O) groups excluding carboxylic acids is 1. The highest BCUT2D eigenvalue weighted by atomic mass is 32.2. The number of carbonyl (C=O) groups is 1. The maximum absolute atomic E-state index is 12.6. The molecule has 1 aliphatic rings. The summed E-state index contributed by atoms with van der Waals surface area (Å²) in [5.74, 6) is 0.671. The zero-order valence-electron chi connectivity index (χ0n) is 15.9. The first kappa shape index (κ1) is 20.3. The number of rotatable bonds is 7. The van der Waals surface area contributed by atoms with Crippen LogP contribution in [0.5, 0.6) is 5.75 Å². The standard InChI is InChI=1S/C20H25N3O4S/c1-27-18-7-5-6-17(14-18)15-21-20(24)16-22-10-12-23(13-11-22)28(25,26)19-8-3-2-4-9-19/h2-9,14H,10-13,15-16H2,1H3,(H,21,24). The third kappa shape index (κ3) is 5.09. The zero-order chi connectivity index (χ0) is 20.0. The zero-order valence-corrected chi connectivity index (χ0v) is 16.7. The molecule has 2 aromatic rings. The fraction of sp³-hybridized carbons (Fsp3) is 0.350. The number of benzene rings is 2. The summed E-state index contributed by atoms with van der Waals surface area (Å²) in [5.41, 5.74) is 0.964. The van der Waals surface area contributed by atoms with Crippen molar-refractivity contribution in [2.45, 2.75) is 11.4 Å². The van der Waals surface area contributed by atoms with Gasteiger partial charge in [-0.1, -0.05) is 30.3 Å². The number of hydrogen-bond acceptors (Lipinski definition) is 5. The minimum Gasteiger partial charge on any atom is -0.497 e. The fourth-order valence-corrected chi connectivity index (χ4v) is 4.55. The van der Waals surface area contributed by atoms with Crippen molar-refractivity contribution in [3.8, 4) is 5.75 Å². The van der Waals surface area contributed by atoms with Crippen molar-refractivity contribution in [1.82, 2.24) is 14.5 Å². The van der Waals surface area contributed by atoms with E-state index in [1.165, 1.54) is 4.31 Å². The number of piperazine rings is 1. The molecule has 0 aliphatic carbocycles. The Hall–Kier alpha value is -2.42. The smallest absolute Gasteiger partial charge is 0.243 e. The van der Waals surface area contributed by atoms with Crippen molar-refractivity contribution in [1.29, 1.82) is 0 Å². The van der Waals surface area contributed by atoms with Gasteiger partial charge in [0.1, 0.15) is 5.75 Å². The summed E-state index contributed by atoms with van der Waals surface area (Å²) in [7, 11) is -1.87. The molecule has 28 heavy (non-hydrogen) atoms. The molecule has 0 atom stereocenters. The van der Waals surface area contributed by atoms with E-state index >= 15 is 0 Å². The SMILES string of the molecule is COc1cccc(CNC(=O)CN2CCN(S(=O)(=O)c3ccccc3)CC2)c1. The molecular formula is C20H25N3O4S. The quantitative estimate of drug-likeness (QED) is 0.754. The van der Waals surface area contributed by atoms with E-state index in [-0.39, 0.29) is 12.5 Å². The van der Waals surface area contributed by atoms with E-state index in [1.807, 2.05) is 29.2 Å². The lowest BCUT2D eigenvalue weighted by atomic mass is 10.2. The van der Waals surface area contributed by atoms with Crippen LogP contribution in [0.2, 0.25) is 0 Å². The van der Waals surface area contributed by atoms with Gasteiger partial charge < -0.3 is 10.1 Å². The normalized spacial score (nSPS) is 15.9. The third-order valence-electron chi connectivity index (χ3n) is 4.70. The molecule has 1 heterocycles. The summed E-state index contributed by atoms with van der Waals surface area (Å²) in [6.45, 7) is 2.49. The van der Waals surface area contributed by atoms with Gasteiger partial charge in [-0.15, -0.1) is 0 Å². The fourth-order valence-electron chi connectivity index (χ4n) is 3.11. The number of nitrogens with zero attached hydrogens (tertiary/aromatic N) is 2. The van der Waals surface area contributed by atoms with Crippen LogP contribution >= 0.6 is 0 Å². The molecule has 0 bridgehead atoms. The minimum atomic E-state index is -3.47. The molecule has 0 aromatic heterocycles. The van der Waals surface area contributed by atoms with Crippen molar-refractivity contribution in [3.63, 3.8) is 0 Å². The molecule has 3 rings (SSSR count). The van der Waals surface area contributed by atoms with Crippen LogP contribution in [-0.2, 0) is 21.4 Å². The third-order valence-corrected chi connectivity index (χ3v) is 6.62. The van der Waals surface area contributed by atoms with Crippen molar-refractivity contribution < 1.29 is 17.9 Å². The highest BCUT2D eigenvalue weighted by Gasteiger charge is 2.28. The summed E-state index contributed by atoms with van der Waals surface area (Å²) in [6.07, 6.45) is 0. The van der Waals surface area contributed by atoms with Crippen LogP contribution in [0.25, 0.3) is 0 Å². The second-order valence-corrected chi connectivity index (χ2v) is 8.56. The molecule has 1 aliphatic heterocycles. The van der Waals surface area contributed by atoms with Gasteiger partial charge in [0.2, 0.25) is 15.9 Å². The van der Waals surface area contributed by atoms with E-state index in [9.17, 15) is 13.2 Å². The predicted molar refractivity (Wildman–Crippen MR) is 106 cm³/mol. The molecule has 7 nitrogen and oxygen atoms in total. The Morgan fingerprint density at radius 1 is 1.04 bits per heavy atom. The molecule has 0 spiro atoms. The van der Waals surface area contributed by atoms with Gasteiger partial charge in [-0.3, -0.25) is 9.69 Å². The number of nitrogens with one attached hydrogen (secondary N) is 1. The number of amides is 1. The Balaban J connectivity index is 1.47. The summed E-state index contributed by atoms with van der Waals surface area (Å²) in [6, 6.07) is 16.0. The molecule has 1 saturated heterocycles. The first-order valence-electron chi connectivity index (χ1n) is 9.16. The van der Waals surface area contributed by atoms with Crippen molar-refractivity contribution in [3.05, 3.63) is 60.2 Å². The molecule has 150 valence electrons. The van der Waals surface area contributed by atoms with E-state index in [2.05, 4.69) is 5.32 Å². The summed E-state index contributed by atoms with van der Waals surface area (Å²) in [4.78, 5) is 14.5. The monoisotopic (exact) mass is 403 g/mol. The van der Waals surface area contributed by atoms with Gasteiger partial charge in [-0.2, -0.15) is 4.31 Å². The number of ether oxygens (including phenoxy) is 1. The van der Waals surface area contributed by atoms with Crippen LogP contribution in [0.4, 0.5) is 0 Å². The lowest BCUT2D eigenvalue weighted by Crippen LogP contribution is -2.50. The van der Waals surface area contributed by atoms with Crippen molar-refractivity contribution in [2.24, 2.45) is 0 Å². The summed E-state index contributed by atoms with van der Waals surface area (Å²) in [5, 5.41) is 2.90. The van der Waals surface area contributed by atoms with Crippen LogP contribution in [0, 0.1) is 0 Å². The van der Waals surface area contributed by atoms with Crippen LogP contribution < -0.4 is 10.1 Å². The largest absolute Gasteiger partial charge is 0.497 e. The van der Waals surface area contributed by atoms with E-state index < -0.39 is 10.0 Å². The number of sulfonamides is 1. The molecule has 1 fully saturated rings. The molecule has 0 unspecified atom stereocenters. The molecule has 2 aromatic carbocycles. The van der Waals surface area contributed by atoms with E-state index in [1.54, 1.807) is 37.4 Å². The topological polar surface area (TPSA) is 79.0 Å². The Morgan fingerprint density at radius 3 is 2.43 bits per heavy atom. The molecular weight excluding hydrogens is 378 g/mol. The highest BCUT2D eigenvalue weighted by molar-refractivity contribution is 7.89. The van der Waals surface area contributed by atoms with Crippen molar-refractivity contribution in [2.75, 3.05) is 39.8 Å². The van der Waals surface area contributed by atoms with E-state index in [0.717, 1.165) is 11.3 Å². The summed E-state index contributed by atoms with van der Waals surface area (Å²) < 4.78 is 31.9. The van der Waals surface area contributed by atoms with Gasteiger partial charge in [0.05, 0.1) is 18.6 Å². The Bertz CT molecular complexity index is 895. The maximum atomic E-state index is 12.6. The minimum absolute atomic E-state index is 0.0813. The van der Waals surface area contributed by atoms with Crippen LogP contribution in [0.1, 0.15) is 5.56 Å². The first-order valence-corrected chi connectivity index (χ1v) is 10.6. The second kappa shape index (κ2) is 9.18. The van der Waals surface area contributed by atoms with Crippen molar-refractivity contribution >= 4 is 15.9 Å². The highest BCUT2D eigenvalue weighted by Crippen LogP contribution is 2.17. The van der Waals surface area contributed by atoms with Gasteiger partial charge in [0, 0.05) is 32.7 Å². The Kier molecular flexibility index (Phi) is 6.66. The molecule has 8 heteroatoms. The van der Waals surface area contributed by atoms with Crippen LogP contribution in [-0.4, -0.2) is 63.4 Å². The Labute approximate surface area is 166 Å². The van der Waals surface area contributed by atoms with Crippen LogP contribution in [0.3, 0.4) is 0 Å². The summed E-state index contributed by atoms with van der Waals surface area (Å²) >= 11 is 0. The molecule has 0 radical (unpaired) electrons. The van der Waals surface area contributed by atoms with E-state index in [0.29, 0.717) is 37.6 Å². The lowest BCUT2D eigenvalue weighted by molar-refractivity contribution is -0.122. The molecule has 1 amide bonds. The molecule has 0 saturated carbocycles. The maximum Gasteiger partial charge on any atom is 0.243 e. The van der Waals surface area contributed by atoms with Gasteiger partial charge in [0.15, 0.2) is 0 Å².